The van der Waals surface area contributed by atoms with Crippen LogP contribution in [0.5, 0.6) is 0 Å². The van der Waals surface area contributed by atoms with E-state index >= 15 is 0 Å². The smallest absolute Gasteiger partial charge is 0.505 e. The summed E-state index contributed by atoms with van der Waals surface area (Å²) in [5.74, 6) is -4.26. The molecule has 18 heteroatoms. The summed E-state index contributed by atoms with van der Waals surface area (Å²) in [5.41, 5.74) is 0. The molecule has 4 unspecified atom stereocenters. The zero-order valence-corrected chi connectivity index (χ0v) is 13.8. The molecule has 0 saturated carbocycles. The average molecular weight is 416 g/mol. The van der Waals surface area contributed by atoms with E-state index in [1.54, 1.807) is 0 Å². The van der Waals surface area contributed by atoms with Crippen LogP contribution in [0.3, 0.4) is 0 Å². The van der Waals surface area contributed by atoms with Gasteiger partial charge in [0.25, 0.3) is 5.76 Å². The lowest BCUT2D eigenvalue weighted by molar-refractivity contribution is -0.147. The number of ether oxygens (including phenoxy) is 1. The summed E-state index contributed by atoms with van der Waals surface area (Å²) in [6.45, 7) is -0.982. The van der Waals surface area contributed by atoms with Crippen LogP contribution in [0.1, 0.15) is 0 Å². The number of aliphatic hydroxyl groups excluding tert-OH is 3. The summed E-state index contributed by atoms with van der Waals surface area (Å²) in [7, 11) is -17.2. The lowest BCUT2D eigenvalue weighted by Gasteiger charge is -2.16. The van der Waals surface area contributed by atoms with E-state index in [1.165, 1.54) is 0 Å². The Morgan fingerprint density at radius 2 is 1.62 bits per heavy atom. The molecule has 0 saturated heterocycles. The fourth-order valence-electron chi connectivity index (χ4n) is 1.31. The van der Waals surface area contributed by atoms with Gasteiger partial charge in [0.1, 0.15) is 6.10 Å². The number of phosphoric acid groups is 3. The Bertz CT molecular complexity index is 675. The molecule has 1 heterocycles. The molecular formula is C6H11O15P3. The second-order valence-corrected chi connectivity index (χ2v) is 8.32. The number of carbonyl (C=O) groups excluding carboxylic acids is 1. The van der Waals surface area contributed by atoms with E-state index in [4.69, 9.17) is 19.8 Å². The number of hydrogen-bond donors (Lipinski definition) is 7. The minimum Gasteiger partial charge on any atom is -0.505 e. The highest BCUT2D eigenvalue weighted by molar-refractivity contribution is 7.66. The van der Waals surface area contributed by atoms with E-state index in [2.05, 4.69) is 17.9 Å². The van der Waals surface area contributed by atoms with Gasteiger partial charge in [0, 0.05) is 0 Å². The number of esters is 1. The van der Waals surface area contributed by atoms with Gasteiger partial charge in [-0.05, 0) is 0 Å². The topological polar surface area (TPSA) is 247 Å². The summed E-state index contributed by atoms with van der Waals surface area (Å²) in [5, 5.41) is 27.5. The normalized spacial score (nSPS) is 24.9. The highest BCUT2D eigenvalue weighted by Gasteiger charge is 2.47. The first-order valence-electron chi connectivity index (χ1n) is 5.44. The monoisotopic (exact) mass is 416 g/mol. The maximum absolute atomic E-state index is 11.5. The van der Waals surface area contributed by atoms with Crippen LogP contribution in [-0.4, -0.2) is 59.7 Å². The van der Waals surface area contributed by atoms with Crippen LogP contribution >= 0.6 is 23.5 Å². The Kier molecular flexibility index (Phi) is 6.36. The fourth-order valence-corrected chi connectivity index (χ4v) is 4.35. The molecule has 0 fully saturated rings. The third kappa shape index (κ3) is 5.92. The standard InChI is InChI=1S/C6H11O15P3/c7-1-2(8)4-3(9)5(6(10)18-4)19-23(14,15)21-24(16,17)20-22(11,12)13/h2,4,7-9H,1H2,(H,14,15)(H,16,17)(H2,11,12,13). The zero-order chi connectivity index (χ0) is 18.9. The predicted octanol–water partition coefficient (Wildman–Crippen LogP) is -1.62. The van der Waals surface area contributed by atoms with Crippen LogP contribution in [0, 0.1) is 0 Å². The first-order valence-corrected chi connectivity index (χ1v) is 9.96. The molecule has 140 valence electrons. The molecule has 1 aliphatic heterocycles. The quantitative estimate of drug-likeness (QED) is 0.173. The molecule has 0 aromatic carbocycles. The van der Waals surface area contributed by atoms with E-state index in [0.29, 0.717) is 0 Å². The molecular weight excluding hydrogens is 405 g/mol. The summed E-state index contributed by atoms with van der Waals surface area (Å²) >= 11 is 0. The molecule has 15 nitrogen and oxygen atoms in total. The van der Waals surface area contributed by atoms with Crippen molar-refractivity contribution in [3.8, 4) is 0 Å². The fraction of sp³-hybridized carbons (Fsp3) is 0.500. The molecule has 0 aliphatic carbocycles. The molecule has 4 atom stereocenters. The number of carbonyl (C=O) groups is 1. The van der Waals surface area contributed by atoms with Gasteiger partial charge >= 0.3 is 29.4 Å². The van der Waals surface area contributed by atoms with E-state index in [9.17, 15) is 33.6 Å². The van der Waals surface area contributed by atoms with Crippen LogP contribution < -0.4 is 0 Å². The van der Waals surface area contributed by atoms with Crippen molar-refractivity contribution in [1.82, 2.24) is 0 Å². The summed E-state index contributed by atoms with van der Waals surface area (Å²) in [6.07, 6.45) is -3.68. The molecule has 0 amide bonds. The molecule has 0 spiro atoms. The Hall–Kier alpha value is -0.820. The summed E-state index contributed by atoms with van der Waals surface area (Å²) in [4.78, 5) is 46.1. The van der Waals surface area contributed by atoms with Gasteiger partial charge in [-0.25, -0.2) is 18.5 Å². The molecule has 24 heavy (non-hydrogen) atoms. The maximum Gasteiger partial charge on any atom is 0.536 e. The predicted molar refractivity (Wildman–Crippen MR) is 67.6 cm³/mol. The van der Waals surface area contributed by atoms with Crippen molar-refractivity contribution >= 4 is 29.4 Å². The van der Waals surface area contributed by atoms with Gasteiger partial charge in [-0.2, -0.15) is 8.62 Å². The number of hydrogen-bond acceptors (Lipinski definition) is 11. The van der Waals surface area contributed by atoms with Crippen LogP contribution in [0.25, 0.3) is 0 Å². The average Bonchev–Trinajstić information content (AvgIpc) is 2.61. The lowest BCUT2D eigenvalue weighted by atomic mass is 10.2. The van der Waals surface area contributed by atoms with Gasteiger partial charge in [0.15, 0.2) is 11.9 Å². The second-order valence-electron chi connectivity index (χ2n) is 3.97. The van der Waals surface area contributed by atoms with Gasteiger partial charge in [0.05, 0.1) is 6.61 Å². The number of cyclic esters (lactones) is 1. The Morgan fingerprint density at radius 1 is 1.08 bits per heavy atom. The van der Waals surface area contributed by atoms with Crippen molar-refractivity contribution in [3.63, 3.8) is 0 Å². The summed E-state index contributed by atoms with van der Waals surface area (Å²) < 4.78 is 48.1. The Morgan fingerprint density at radius 3 is 2.08 bits per heavy atom. The first-order chi connectivity index (χ1) is 10.7. The van der Waals surface area contributed by atoms with Crippen molar-refractivity contribution in [2.24, 2.45) is 0 Å². The number of phosphoric ester groups is 1. The minimum absolute atomic E-state index is 0.982. The van der Waals surface area contributed by atoms with E-state index < -0.39 is 59.8 Å². The van der Waals surface area contributed by atoms with Crippen LogP contribution in [-0.2, 0) is 36.4 Å². The van der Waals surface area contributed by atoms with Crippen molar-refractivity contribution in [3.05, 3.63) is 11.5 Å². The Labute approximate surface area is 132 Å². The molecule has 0 radical (unpaired) electrons. The number of rotatable bonds is 8. The largest absolute Gasteiger partial charge is 0.536 e. The minimum atomic E-state index is -5.82. The van der Waals surface area contributed by atoms with Crippen LogP contribution in [0.15, 0.2) is 11.5 Å². The van der Waals surface area contributed by atoms with Crippen molar-refractivity contribution < 1.29 is 71.3 Å². The van der Waals surface area contributed by atoms with Crippen LogP contribution in [0.2, 0.25) is 0 Å². The molecule has 0 aromatic heterocycles. The van der Waals surface area contributed by atoms with Gasteiger partial charge in [-0.1, -0.05) is 0 Å². The number of aliphatic hydroxyl groups is 3. The maximum atomic E-state index is 11.5. The van der Waals surface area contributed by atoms with Gasteiger partial charge in [-0.15, -0.1) is 0 Å². The first kappa shape index (κ1) is 21.2. The molecule has 0 bridgehead atoms. The zero-order valence-electron chi connectivity index (χ0n) is 11.1. The Balaban J connectivity index is 2.96. The third-order valence-corrected chi connectivity index (χ3v) is 5.82. The summed E-state index contributed by atoms with van der Waals surface area (Å²) in [6, 6.07) is 0. The molecule has 1 aliphatic rings. The third-order valence-electron chi connectivity index (χ3n) is 2.08. The van der Waals surface area contributed by atoms with Crippen molar-refractivity contribution in [1.29, 1.82) is 0 Å². The SMILES string of the molecule is O=C1OC(C(O)CO)C(O)=C1OP(=O)(O)OP(=O)(O)OP(=O)(O)O. The lowest BCUT2D eigenvalue weighted by Crippen LogP contribution is -2.31. The van der Waals surface area contributed by atoms with Gasteiger partial charge in [0.2, 0.25) is 0 Å². The van der Waals surface area contributed by atoms with Gasteiger partial charge in [-0.3, -0.25) is 4.89 Å². The molecule has 0 aromatic rings. The highest BCUT2D eigenvalue weighted by atomic mass is 31.3. The van der Waals surface area contributed by atoms with E-state index in [-0.39, 0.29) is 0 Å². The van der Waals surface area contributed by atoms with Crippen LogP contribution in [0.4, 0.5) is 0 Å². The van der Waals surface area contributed by atoms with Crippen molar-refractivity contribution in [2.45, 2.75) is 12.2 Å². The highest BCUT2D eigenvalue weighted by Crippen LogP contribution is 2.67. The van der Waals surface area contributed by atoms with E-state index in [0.717, 1.165) is 0 Å². The molecule has 7 N–H and O–H groups in total. The van der Waals surface area contributed by atoms with Crippen molar-refractivity contribution in [2.75, 3.05) is 6.61 Å². The molecule has 1 rings (SSSR count). The second kappa shape index (κ2) is 7.20. The van der Waals surface area contributed by atoms with Gasteiger partial charge < -0.3 is 39.3 Å². The van der Waals surface area contributed by atoms with E-state index in [1.807, 2.05) is 0 Å².